The van der Waals surface area contributed by atoms with Crippen molar-refractivity contribution in [3.05, 3.63) is 35.4 Å². The third-order valence-electron chi connectivity index (χ3n) is 4.22. The highest BCUT2D eigenvalue weighted by Gasteiger charge is 2.42. The second kappa shape index (κ2) is 5.74. The van der Waals surface area contributed by atoms with Crippen LogP contribution in [-0.4, -0.2) is 19.8 Å². The van der Waals surface area contributed by atoms with Gasteiger partial charge in [-0.2, -0.15) is 13.2 Å². The molecular formula is C15H20F3NO. The highest BCUT2D eigenvalue weighted by atomic mass is 19.4. The SMILES string of the molecule is CNC(c1cccc(C(F)(F)F)c1)C1(OC)CCCC1. The molecule has 1 N–H and O–H groups in total. The summed E-state index contributed by atoms with van der Waals surface area (Å²) < 4.78 is 44.2. The zero-order valence-corrected chi connectivity index (χ0v) is 11.8. The van der Waals surface area contributed by atoms with E-state index in [1.165, 1.54) is 12.1 Å². The van der Waals surface area contributed by atoms with Crippen molar-refractivity contribution >= 4 is 0 Å². The molecule has 5 heteroatoms. The lowest BCUT2D eigenvalue weighted by Gasteiger charge is -2.36. The molecule has 0 saturated heterocycles. The average Bonchev–Trinajstić information content (AvgIpc) is 2.89. The molecule has 1 saturated carbocycles. The molecule has 0 bridgehead atoms. The lowest BCUT2D eigenvalue weighted by molar-refractivity contribution is -0.137. The fraction of sp³-hybridized carbons (Fsp3) is 0.600. The minimum Gasteiger partial charge on any atom is -0.376 e. The van der Waals surface area contributed by atoms with Crippen molar-refractivity contribution in [3.8, 4) is 0 Å². The van der Waals surface area contributed by atoms with E-state index < -0.39 is 17.3 Å². The van der Waals surface area contributed by atoms with E-state index >= 15 is 0 Å². The standard InChI is InChI=1S/C15H20F3NO/c1-19-13(14(20-2)8-3-4-9-14)11-6-5-7-12(10-11)15(16,17)18/h5-7,10,13,19H,3-4,8-9H2,1-2H3. The fourth-order valence-electron chi connectivity index (χ4n) is 3.21. The minimum absolute atomic E-state index is 0.225. The Morgan fingerprint density at radius 1 is 1.25 bits per heavy atom. The zero-order valence-electron chi connectivity index (χ0n) is 11.8. The van der Waals surface area contributed by atoms with Crippen molar-refractivity contribution in [3.63, 3.8) is 0 Å². The van der Waals surface area contributed by atoms with Crippen molar-refractivity contribution in [2.24, 2.45) is 0 Å². The van der Waals surface area contributed by atoms with Crippen molar-refractivity contribution < 1.29 is 17.9 Å². The lowest BCUT2D eigenvalue weighted by Crippen LogP contribution is -2.42. The van der Waals surface area contributed by atoms with Gasteiger partial charge in [0, 0.05) is 7.11 Å². The normalized spacial score (nSPS) is 20.1. The van der Waals surface area contributed by atoms with Gasteiger partial charge in [-0.15, -0.1) is 0 Å². The van der Waals surface area contributed by atoms with Gasteiger partial charge in [-0.1, -0.05) is 25.0 Å². The van der Waals surface area contributed by atoms with E-state index in [0.717, 1.165) is 31.7 Å². The molecule has 0 spiro atoms. The number of alkyl halides is 3. The number of halogens is 3. The molecule has 1 aromatic carbocycles. The van der Waals surface area contributed by atoms with Gasteiger partial charge < -0.3 is 10.1 Å². The van der Waals surface area contributed by atoms with Gasteiger partial charge in [0.25, 0.3) is 0 Å². The van der Waals surface area contributed by atoms with Gasteiger partial charge in [0.2, 0.25) is 0 Å². The first kappa shape index (κ1) is 15.3. The Kier molecular flexibility index (Phi) is 4.39. The Labute approximate surface area is 117 Å². The molecule has 1 aromatic rings. The fourth-order valence-corrected chi connectivity index (χ4v) is 3.21. The maximum absolute atomic E-state index is 12.8. The number of nitrogens with one attached hydrogen (secondary N) is 1. The average molecular weight is 287 g/mol. The topological polar surface area (TPSA) is 21.3 Å². The summed E-state index contributed by atoms with van der Waals surface area (Å²) in [6.45, 7) is 0. The summed E-state index contributed by atoms with van der Waals surface area (Å²) in [4.78, 5) is 0. The molecule has 1 fully saturated rings. The van der Waals surface area contributed by atoms with Crippen LogP contribution in [0.2, 0.25) is 0 Å². The van der Waals surface area contributed by atoms with Crippen LogP contribution in [0.3, 0.4) is 0 Å². The minimum atomic E-state index is -4.32. The molecule has 0 heterocycles. The van der Waals surface area contributed by atoms with Crippen molar-refractivity contribution in [1.29, 1.82) is 0 Å². The van der Waals surface area contributed by atoms with Gasteiger partial charge in [0.15, 0.2) is 0 Å². The molecule has 112 valence electrons. The molecule has 0 amide bonds. The lowest BCUT2D eigenvalue weighted by atomic mass is 9.86. The molecule has 2 rings (SSSR count). The monoisotopic (exact) mass is 287 g/mol. The van der Waals surface area contributed by atoms with Gasteiger partial charge in [-0.05, 0) is 37.6 Å². The van der Waals surface area contributed by atoms with Crippen molar-refractivity contribution in [2.75, 3.05) is 14.2 Å². The molecule has 0 aromatic heterocycles. The summed E-state index contributed by atoms with van der Waals surface area (Å²) >= 11 is 0. The molecule has 1 aliphatic carbocycles. The number of hydrogen-bond donors (Lipinski definition) is 1. The molecule has 2 nitrogen and oxygen atoms in total. The Morgan fingerprint density at radius 2 is 1.90 bits per heavy atom. The summed E-state index contributed by atoms with van der Waals surface area (Å²) in [6.07, 6.45) is -0.489. The second-order valence-corrected chi connectivity index (χ2v) is 5.32. The predicted molar refractivity (Wildman–Crippen MR) is 71.5 cm³/mol. The van der Waals surface area contributed by atoms with Gasteiger partial charge in [-0.25, -0.2) is 0 Å². The van der Waals surface area contributed by atoms with Crippen molar-refractivity contribution in [2.45, 2.75) is 43.5 Å². The number of ether oxygens (including phenoxy) is 1. The number of methoxy groups -OCH3 is 1. The van der Waals surface area contributed by atoms with E-state index in [2.05, 4.69) is 5.32 Å². The van der Waals surface area contributed by atoms with Gasteiger partial charge in [0.1, 0.15) is 0 Å². The first-order valence-corrected chi connectivity index (χ1v) is 6.82. The molecule has 0 aliphatic heterocycles. The molecule has 1 aliphatic rings. The highest BCUT2D eigenvalue weighted by molar-refractivity contribution is 5.30. The van der Waals surface area contributed by atoms with Gasteiger partial charge in [0.05, 0.1) is 17.2 Å². The predicted octanol–water partition coefficient (Wildman–Crippen LogP) is 3.93. The number of likely N-dealkylation sites (N-methyl/N-ethyl adjacent to an activating group) is 1. The smallest absolute Gasteiger partial charge is 0.376 e. The Bertz CT molecular complexity index is 453. The van der Waals surface area contributed by atoms with Crippen LogP contribution in [-0.2, 0) is 10.9 Å². The summed E-state index contributed by atoms with van der Waals surface area (Å²) in [5.74, 6) is 0. The number of hydrogen-bond acceptors (Lipinski definition) is 2. The van der Waals surface area contributed by atoms with E-state index in [-0.39, 0.29) is 6.04 Å². The molecule has 20 heavy (non-hydrogen) atoms. The summed E-state index contributed by atoms with van der Waals surface area (Å²) in [7, 11) is 3.41. The maximum atomic E-state index is 12.8. The Balaban J connectivity index is 2.37. The first-order valence-electron chi connectivity index (χ1n) is 6.82. The third-order valence-corrected chi connectivity index (χ3v) is 4.22. The van der Waals surface area contributed by atoms with E-state index in [0.29, 0.717) is 5.56 Å². The third kappa shape index (κ3) is 2.83. The van der Waals surface area contributed by atoms with Crippen LogP contribution in [0, 0.1) is 0 Å². The summed E-state index contributed by atoms with van der Waals surface area (Å²) in [6, 6.07) is 5.29. The maximum Gasteiger partial charge on any atom is 0.416 e. The second-order valence-electron chi connectivity index (χ2n) is 5.32. The highest BCUT2D eigenvalue weighted by Crippen LogP contribution is 2.43. The molecule has 1 unspecified atom stereocenters. The molecule has 1 atom stereocenters. The summed E-state index contributed by atoms with van der Waals surface area (Å²) in [5, 5.41) is 3.14. The first-order chi connectivity index (χ1) is 9.43. The van der Waals surface area contributed by atoms with Crippen molar-refractivity contribution in [1.82, 2.24) is 5.32 Å². The van der Waals surface area contributed by atoms with E-state index in [4.69, 9.17) is 4.74 Å². The molecular weight excluding hydrogens is 267 g/mol. The molecule has 0 radical (unpaired) electrons. The van der Waals surface area contributed by atoms with Crippen LogP contribution in [0.15, 0.2) is 24.3 Å². The van der Waals surface area contributed by atoms with Crippen LogP contribution in [0.4, 0.5) is 13.2 Å². The van der Waals surface area contributed by atoms with Crippen LogP contribution in [0.5, 0.6) is 0 Å². The number of rotatable bonds is 4. The zero-order chi connectivity index (χ0) is 14.8. The Hall–Kier alpha value is -1.07. The van der Waals surface area contributed by atoms with Gasteiger partial charge >= 0.3 is 6.18 Å². The summed E-state index contributed by atoms with van der Waals surface area (Å²) in [5.41, 5.74) is -0.385. The quantitative estimate of drug-likeness (QED) is 0.906. The number of benzene rings is 1. The Morgan fingerprint density at radius 3 is 2.40 bits per heavy atom. The van der Waals surface area contributed by atoms with Crippen LogP contribution < -0.4 is 5.32 Å². The van der Waals surface area contributed by atoms with E-state index in [1.807, 2.05) is 0 Å². The van der Waals surface area contributed by atoms with Crippen LogP contribution in [0.25, 0.3) is 0 Å². The van der Waals surface area contributed by atoms with E-state index in [1.54, 1.807) is 20.2 Å². The van der Waals surface area contributed by atoms with Gasteiger partial charge in [-0.3, -0.25) is 0 Å². The van der Waals surface area contributed by atoms with Crippen LogP contribution in [0.1, 0.15) is 42.9 Å². The van der Waals surface area contributed by atoms with E-state index in [9.17, 15) is 13.2 Å². The largest absolute Gasteiger partial charge is 0.416 e. The van der Waals surface area contributed by atoms with Crippen LogP contribution >= 0.6 is 0 Å².